The SMILES string of the molecule is CNCC1CCCN(C(=O)CC2CCCCC2)C1. The highest BCUT2D eigenvalue weighted by atomic mass is 16.2. The summed E-state index contributed by atoms with van der Waals surface area (Å²) in [5.41, 5.74) is 0. The fraction of sp³-hybridized carbons (Fsp3) is 0.933. The van der Waals surface area contributed by atoms with Crippen LogP contribution in [0.3, 0.4) is 0 Å². The van der Waals surface area contributed by atoms with Crippen LogP contribution in [0.5, 0.6) is 0 Å². The lowest BCUT2D eigenvalue weighted by Crippen LogP contribution is -2.43. The Morgan fingerprint density at radius 2 is 1.83 bits per heavy atom. The first-order valence-electron chi connectivity index (χ1n) is 7.72. The molecule has 2 rings (SSSR count). The lowest BCUT2D eigenvalue weighted by molar-refractivity contribution is -0.134. The van der Waals surface area contributed by atoms with Crippen molar-refractivity contribution in [2.45, 2.75) is 51.4 Å². The lowest BCUT2D eigenvalue weighted by atomic mass is 9.86. The summed E-state index contributed by atoms with van der Waals surface area (Å²) in [6, 6.07) is 0. The number of rotatable bonds is 4. The summed E-state index contributed by atoms with van der Waals surface area (Å²) < 4.78 is 0. The van der Waals surface area contributed by atoms with Crippen LogP contribution in [0.4, 0.5) is 0 Å². The minimum Gasteiger partial charge on any atom is -0.342 e. The number of piperidine rings is 1. The van der Waals surface area contributed by atoms with E-state index in [1.54, 1.807) is 0 Å². The number of hydrogen-bond acceptors (Lipinski definition) is 2. The van der Waals surface area contributed by atoms with Crippen molar-refractivity contribution in [2.24, 2.45) is 11.8 Å². The van der Waals surface area contributed by atoms with E-state index >= 15 is 0 Å². The van der Waals surface area contributed by atoms with Gasteiger partial charge in [0.05, 0.1) is 0 Å². The van der Waals surface area contributed by atoms with Gasteiger partial charge in [-0.25, -0.2) is 0 Å². The van der Waals surface area contributed by atoms with Crippen LogP contribution in [0.1, 0.15) is 51.4 Å². The van der Waals surface area contributed by atoms with Gasteiger partial charge in [0.2, 0.25) is 5.91 Å². The Labute approximate surface area is 111 Å². The molecule has 0 aromatic rings. The van der Waals surface area contributed by atoms with Crippen molar-refractivity contribution >= 4 is 5.91 Å². The highest BCUT2D eigenvalue weighted by molar-refractivity contribution is 5.76. The van der Waals surface area contributed by atoms with Crippen LogP contribution in [0.2, 0.25) is 0 Å². The zero-order chi connectivity index (χ0) is 12.8. The number of carbonyl (C=O) groups is 1. The van der Waals surface area contributed by atoms with E-state index in [-0.39, 0.29) is 0 Å². The third kappa shape index (κ3) is 3.98. The van der Waals surface area contributed by atoms with Crippen molar-refractivity contribution in [1.29, 1.82) is 0 Å². The Balaban J connectivity index is 1.76. The first kappa shape index (κ1) is 13.9. The molecule has 1 saturated carbocycles. The molecular formula is C15H28N2O. The van der Waals surface area contributed by atoms with Crippen LogP contribution in [-0.2, 0) is 4.79 Å². The Kier molecular flexibility index (Phi) is 5.48. The molecule has 0 radical (unpaired) electrons. The number of hydrogen-bond donors (Lipinski definition) is 1. The average Bonchev–Trinajstić information content (AvgIpc) is 2.40. The summed E-state index contributed by atoms with van der Waals surface area (Å²) in [5, 5.41) is 3.24. The molecule has 1 aliphatic heterocycles. The maximum absolute atomic E-state index is 12.3. The zero-order valence-corrected chi connectivity index (χ0v) is 11.8. The van der Waals surface area contributed by atoms with Crippen LogP contribution in [0.25, 0.3) is 0 Å². The predicted molar refractivity (Wildman–Crippen MR) is 74.4 cm³/mol. The Bertz CT molecular complexity index is 259. The molecule has 0 aromatic carbocycles. The maximum atomic E-state index is 12.3. The lowest BCUT2D eigenvalue weighted by Gasteiger charge is -2.34. The Morgan fingerprint density at radius 3 is 2.56 bits per heavy atom. The van der Waals surface area contributed by atoms with Crippen LogP contribution >= 0.6 is 0 Å². The summed E-state index contributed by atoms with van der Waals surface area (Å²) in [4.78, 5) is 14.4. The van der Waals surface area contributed by atoms with E-state index in [2.05, 4.69) is 10.2 Å². The van der Waals surface area contributed by atoms with Crippen molar-refractivity contribution in [3.8, 4) is 0 Å². The Morgan fingerprint density at radius 1 is 1.11 bits per heavy atom. The van der Waals surface area contributed by atoms with E-state index in [1.807, 2.05) is 7.05 Å². The number of amides is 1. The van der Waals surface area contributed by atoms with Crippen LogP contribution in [-0.4, -0.2) is 37.5 Å². The molecule has 2 fully saturated rings. The summed E-state index contributed by atoms with van der Waals surface area (Å²) in [7, 11) is 2.00. The molecular weight excluding hydrogens is 224 g/mol. The van der Waals surface area contributed by atoms with E-state index in [4.69, 9.17) is 0 Å². The molecule has 1 unspecified atom stereocenters. The van der Waals surface area contributed by atoms with Crippen LogP contribution in [0.15, 0.2) is 0 Å². The molecule has 1 atom stereocenters. The number of likely N-dealkylation sites (tertiary alicyclic amines) is 1. The van der Waals surface area contributed by atoms with Crippen molar-refractivity contribution in [1.82, 2.24) is 10.2 Å². The van der Waals surface area contributed by atoms with Crippen LogP contribution in [0, 0.1) is 11.8 Å². The monoisotopic (exact) mass is 252 g/mol. The van der Waals surface area contributed by atoms with Gasteiger partial charge in [-0.2, -0.15) is 0 Å². The van der Waals surface area contributed by atoms with Gasteiger partial charge < -0.3 is 10.2 Å². The third-order valence-electron chi connectivity index (χ3n) is 4.55. The number of nitrogens with zero attached hydrogens (tertiary/aromatic N) is 1. The molecule has 1 heterocycles. The van der Waals surface area contributed by atoms with Crippen molar-refractivity contribution in [3.05, 3.63) is 0 Å². The molecule has 104 valence electrons. The normalized spacial score (nSPS) is 26.3. The van der Waals surface area contributed by atoms with Gasteiger partial charge in [0.1, 0.15) is 0 Å². The zero-order valence-electron chi connectivity index (χ0n) is 11.8. The average molecular weight is 252 g/mol. The van der Waals surface area contributed by atoms with Gasteiger partial charge in [-0.05, 0) is 51.1 Å². The van der Waals surface area contributed by atoms with Gasteiger partial charge in [0, 0.05) is 19.5 Å². The molecule has 1 N–H and O–H groups in total. The van der Waals surface area contributed by atoms with E-state index < -0.39 is 0 Å². The fourth-order valence-electron chi connectivity index (χ4n) is 3.51. The number of nitrogens with one attached hydrogen (secondary N) is 1. The Hall–Kier alpha value is -0.570. The molecule has 18 heavy (non-hydrogen) atoms. The van der Waals surface area contributed by atoms with E-state index in [0.717, 1.165) is 26.1 Å². The van der Waals surface area contributed by atoms with Gasteiger partial charge in [-0.1, -0.05) is 19.3 Å². The maximum Gasteiger partial charge on any atom is 0.222 e. The summed E-state index contributed by atoms with van der Waals surface area (Å²) in [5.74, 6) is 1.76. The van der Waals surface area contributed by atoms with E-state index in [9.17, 15) is 4.79 Å². The predicted octanol–water partition coefficient (Wildman–Crippen LogP) is 2.41. The molecule has 1 amide bonds. The summed E-state index contributed by atoms with van der Waals surface area (Å²) in [6.07, 6.45) is 9.86. The molecule has 1 aliphatic carbocycles. The fourth-order valence-corrected chi connectivity index (χ4v) is 3.51. The highest BCUT2D eigenvalue weighted by Crippen LogP contribution is 2.27. The van der Waals surface area contributed by atoms with Crippen LogP contribution < -0.4 is 5.32 Å². The standard InChI is InChI=1S/C15H28N2O/c1-16-11-14-8-5-9-17(12-14)15(18)10-13-6-3-2-4-7-13/h13-14,16H,2-12H2,1H3. The summed E-state index contributed by atoms with van der Waals surface area (Å²) >= 11 is 0. The van der Waals surface area contributed by atoms with Gasteiger partial charge in [0.25, 0.3) is 0 Å². The summed E-state index contributed by atoms with van der Waals surface area (Å²) in [6.45, 7) is 3.02. The molecule has 1 saturated heterocycles. The van der Waals surface area contributed by atoms with E-state index in [0.29, 0.717) is 17.7 Å². The van der Waals surface area contributed by atoms with E-state index in [1.165, 1.54) is 44.9 Å². The van der Waals surface area contributed by atoms with Gasteiger partial charge in [-0.15, -0.1) is 0 Å². The van der Waals surface area contributed by atoms with Gasteiger partial charge >= 0.3 is 0 Å². The first-order valence-corrected chi connectivity index (χ1v) is 7.72. The molecule has 3 nitrogen and oxygen atoms in total. The smallest absolute Gasteiger partial charge is 0.222 e. The molecule has 0 aromatic heterocycles. The second kappa shape index (κ2) is 7.13. The second-order valence-electron chi connectivity index (χ2n) is 6.11. The molecule has 0 spiro atoms. The second-order valence-corrected chi connectivity index (χ2v) is 6.11. The van der Waals surface area contributed by atoms with Gasteiger partial charge in [-0.3, -0.25) is 4.79 Å². The molecule has 3 heteroatoms. The molecule has 2 aliphatic rings. The van der Waals surface area contributed by atoms with Crippen molar-refractivity contribution in [3.63, 3.8) is 0 Å². The third-order valence-corrected chi connectivity index (χ3v) is 4.55. The topological polar surface area (TPSA) is 32.3 Å². The molecule has 0 bridgehead atoms. The largest absolute Gasteiger partial charge is 0.342 e. The quantitative estimate of drug-likeness (QED) is 0.833. The van der Waals surface area contributed by atoms with Gasteiger partial charge in [0.15, 0.2) is 0 Å². The highest BCUT2D eigenvalue weighted by Gasteiger charge is 2.25. The number of carbonyl (C=O) groups excluding carboxylic acids is 1. The van der Waals surface area contributed by atoms with Crippen molar-refractivity contribution in [2.75, 3.05) is 26.7 Å². The minimum atomic E-state index is 0.419. The first-order chi connectivity index (χ1) is 8.79. The van der Waals surface area contributed by atoms with Crippen molar-refractivity contribution < 1.29 is 4.79 Å². The minimum absolute atomic E-state index is 0.419.